The number of aryl methyl sites for hydroxylation is 1. The largest absolute Gasteiger partial charge is 0.326 e. The van der Waals surface area contributed by atoms with E-state index in [2.05, 4.69) is 19.2 Å². The molecule has 0 aromatic heterocycles. The molecule has 0 heterocycles. The lowest BCUT2D eigenvalue weighted by molar-refractivity contribution is -0.116. The predicted octanol–water partition coefficient (Wildman–Crippen LogP) is 3.51. The van der Waals surface area contributed by atoms with Gasteiger partial charge in [-0.2, -0.15) is 0 Å². The first-order chi connectivity index (χ1) is 7.49. The van der Waals surface area contributed by atoms with Crippen molar-refractivity contribution in [1.82, 2.24) is 0 Å². The lowest BCUT2D eigenvalue weighted by Crippen LogP contribution is -2.12. The van der Waals surface area contributed by atoms with Gasteiger partial charge in [-0.25, -0.2) is 4.39 Å². The second-order valence-corrected chi connectivity index (χ2v) is 4.44. The number of nitrogens with one attached hydrogen (secondary N) is 1. The van der Waals surface area contributed by atoms with Gasteiger partial charge in [-0.3, -0.25) is 4.79 Å². The third kappa shape index (κ3) is 4.01. The Kier molecular flexibility index (Phi) is 4.47. The number of halogens is 1. The molecule has 1 aromatic carbocycles. The van der Waals surface area contributed by atoms with Crippen molar-refractivity contribution < 1.29 is 9.18 Å². The standard InChI is InChI=1S/C13H18FNO/c1-9(2)4-7-13(16)15-11-6-5-10(3)12(14)8-11/h5-6,8-9H,4,7H2,1-3H3,(H,15,16). The van der Waals surface area contributed by atoms with E-state index < -0.39 is 0 Å². The van der Waals surface area contributed by atoms with E-state index in [-0.39, 0.29) is 11.7 Å². The summed E-state index contributed by atoms with van der Waals surface area (Å²) in [6.45, 7) is 5.83. The summed E-state index contributed by atoms with van der Waals surface area (Å²) in [5, 5.41) is 2.69. The molecule has 2 nitrogen and oxygen atoms in total. The number of hydrogen-bond acceptors (Lipinski definition) is 1. The van der Waals surface area contributed by atoms with E-state index in [0.29, 0.717) is 23.6 Å². The zero-order valence-corrected chi connectivity index (χ0v) is 10.0. The minimum atomic E-state index is -0.290. The predicted molar refractivity (Wildman–Crippen MR) is 63.8 cm³/mol. The van der Waals surface area contributed by atoms with Crippen molar-refractivity contribution in [2.24, 2.45) is 5.92 Å². The highest BCUT2D eigenvalue weighted by Crippen LogP contribution is 2.14. The molecule has 3 heteroatoms. The van der Waals surface area contributed by atoms with E-state index in [1.54, 1.807) is 19.1 Å². The van der Waals surface area contributed by atoms with Gasteiger partial charge in [0.25, 0.3) is 0 Å². The molecule has 0 aliphatic heterocycles. The average Bonchev–Trinajstić information content (AvgIpc) is 2.21. The van der Waals surface area contributed by atoms with E-state index in [0.717, 1.165) is 6.42 Å². The quantitative estimate of drug-likeness (QED) is 0.831. The minimum absolute atomic E-state index is 0.0584. The van der Waals surface area contributed by atoms with Gasteiger partial charge >= 0.3 is 0 Å². The minimum Gasteiger partial charge on any atom is -0.326 e. The van der Waals surface area contributed by atoms with Gasteiger partial charge in [0.05, 0.1) is 0 Å². The van der Waals surface area contributed by atoms with E-state index in [1.165, 1.54) is 6.07 Å². The molecule has 0 unspecified atom stereocenters. The van der Waals surface area contributed by atoms with Crippen LogP contribution in [0, 0.1) is 18.7 Å². The van der Waals surface area contributed by atoms with Gasteiger partial charge in [0.2, 0.25) is 5.91 Å². The molecule has 88 valence electrons. The molecule has 1 aromatic rings. The van der Waals surface area contributed by atoms with Crippen molar-refractivity contribution >= 4 is 11.6 Å². The summed E-state index contributed by atoms with van der Waals surface area (Å²) in [5.74, 6) is 0.152. The van der Waals surface area contributed by atoms with Crippen LogP contribution in [0.1, 0.15) is 32.3 Å². The number of anilines is 1. The maximum Gasteiger partial charge on any atom is 0.224 e. The molecule has 0 saturated carbocycles. The van der Waals surface area contributed by atoms with Crippen molar-refractivity contribution in [1.29, 1.82) is 0 Å². The van der Waals surface area contributed by atoms with Crippen molar-refractivity contribution in [2.45, 2.75) is 33.6 Å². The molecule has 1 N–H and O–H groups in total. The first kappa shape index (κ1) is 12.7. The molecule has 0 aliphatic carbocycles. The summed E-state index contributed by atoms with van der Waals surface area (Å²) in [5.41, 5.74) is 1.11. The van der Waals surface area contributed by atoms with Crippen molar-refractivity contribution in [3.63, 3.8) is 0 Å². The van der Waals surface area contributed by atoms with E-state index >= 15 is 0 Å². The van der Waals surface area contributed by atoms with Crippen LogP contribution in [-0.2, 0) is 4.79 Å². The number of carbonyl (C=O) groups is 1. The third-order valence-corrected chi connectivity index (χ3v) is 2.40. The summed E-state index contributed by atoms with van der Waals surface area (Å²) in [4.78, 5) is 11.5. The van der Waals surface area contributed by atoms with E-state index in [9.17, 15) is 9.18 Å². The summed E-state index contributed by atoms with van der Waals surface area (Å²) < 4.78 is 13.2. The van der Waals surface area contributed by atoms with Gasteiger partial charge < -0.3 is 5.32 Å². The smallest absolute Gasteiger partial charge is 0.224 e. The highest BCUT2D eigenvalue weighted by Gasteiger charge is 2.05. The number of rotatable bonds is 4. The Morgan fingerprint density at radius 3 is 2.69 bits per heavy atom. The summed E-state index contributed by atoms with van der Waals surface area (Å²) in [6.07, 6.45) is 1.33. The van der Waals surface area contributed by atoms with Crippen molar-refractivity contribution in [2.75, 3.05) is 5.32 Å². The fourth-order valence-corrected chi connectivity index (χ4v) is 1.31. The molecule has 0 spiro atoms. The molecule has 0 aliphatic rings. The van der Waals surface area contributed by atoms with Crippen LogP contribution in [0.3, 0.4) is 0 Å². The van der Waals surface area contributed by atoms with Crippen LogP contribution >= 0.6 is 0 Å². The third-order valence-electron chi connectivity index (χ3n) is 2.40. The number of carbonyl (C=O) groups excluding carboxylic acids is 1. The van der Waals surface area contributed by atoms with Gasteiger partial charge in [0.15, 0.2) is 0 Å². The summed E-state index contributed by atoms with van der Waals surface area (Å²) >= 11 is 0. The van der Waals surface area contributed by atoms with Crippen LogP contribution in [0.2, 0.25) is 0 Å². The molecule has 0 radical (unpaired) electrons. The summed E-state index contributed by atoms with van der Waals surface area (Å²) in [7, 11) is 0. The topological polar surface area (TPSA) is 29.1 Å². The van der Waals surface area contributed by atoms with Crippen LogP contribution in [0.5, 0.6) is 0 Å². The fraction of sp³-hybridized carbons (Fsp3) is 0.462. The van der Waals surface area contributed by atoms with Gasteiger partial charge in [0.1, 0.15) is 5.82 Å². The van der Waals surface area contributed by atoms with Crippen molar-refractivity contribution in [3.05, 3.63) is 29.6 Å². The molecule has 1 rings (SSSR count). The molecule has 0 atom stereocenters. The van der Waals surface area contributed by atoms with Crippen LogP contribution in [-0.4, -0.2) is 5.91 Å². The Morgan fingerprint density at radius 1 is 1.44 bits per heavy atom. The van der Waals surface area contributed by atoms with Crippen molar-refractivity contribution in [3.8, 4) is 0 Å². The Labute approximate surface area is 95.9 Å². The first-order valence-corrected chi connectivity index (χ1v) is 5.55. The second kappa shape index (κ2) is 5.64. The Bertz CT molecular complexity index is 374. The van der Waals surface area contributed by atoms with E-state index in [4.69, 9.17) is 0 Å². The maximum atomic E-state index is 13.2. The van der Waals surface area contributed by atoms with E-state index in [1.807, 2.05) is 0 Å². The SMILES string of the molecule is Cc1ccc(NC(=O)CCC(C)C)cc1F. The van der Waals surface area contributed by atoms with Gasteiger partial charge in [-0.05, 0) is 37.0 Å². The zero-order valence-electron chi connectivity index (χ0n) is 10.0. The normalized spacial score (nSPS) is 10.6. The van der Waals surface area contributed by atoms with Crippen LogP contribution in [0.15, 0.2) is 18.2 Å². The maximum absolute atomic E-state index is 13.2. The molecule has 16 heavy (non-hydrogen) atoms. The van der Waals surface area contributed by atoms with Gasteiger partial charge in [-0.1, -0.05) is 19.9 Å². The number of hydrogen-bond donors (Lipinski definition) is 1. The molecule has 0 saturated heterocycles. The second-order valence-electron chi connectivity index (χ2n) is 4.44. The first-order valence-electron chi connectivity index (χ1n) is 5.55. The molecule has 0 fully saturated rings. The average molecular weight is 223 g/mol. The zero-order chi connectivity index (χ0) is 12.1. The van der Waals surface area contributed by atoms with Gasteiger partial charge in [0, 0.05) is 12.1 Å². The lowest BCUT2D eigenvalue weighted by Gasteiger charge is -2.07. The molecular formula is C13H18FNO. The van der Waals surface area contributed by atoms with Crippen LogP contribution in [0.4, 0.5) is 10.1 Å². The number of amides is 1. The highest BCUT2D eigenvalue weighted by molar-refractivity contribution is 5.90. The fourth-order valence-electron chi connectivity index (χ4n) is 1.31. The molecular weight excluding hydrogens is 205 g/mol. The Hall–Kier alpha value is -1.38. The molecule has 1 amide bonds. The van der Waals surface area contributed by atoms with Gasteiger partial charge in [-0.15, -0.1) is 0 Å². The monoisotopic (exact) mass is 223 g/mol. The Morgan fingerprint density at radius 2 is 2.12 bits per heavy atom. The Balaban J connectivity index is 2.53. The lowest BCUT2D eigenvalue weighted by atomic mass is 10.1. The highest BCUT2D eigenvalue weighted by atomic mass is 19.1. The van der Waals surface area contributed by atoms with Crippen LogP contribution < -0.4 is 5.32 Å². The molecule has 0 bridgehead atoms. The number of benzene rings is 1. The summed E-state index contributed by atoms with van der Waals surface area (Å²) in [6, 6.07) is 4.72. The van der Waals surface area contributed by atoms with Crippen LogP contribution in [0.25, 0.3) is 0 Å².